The lowest BCUT2D eigenvalue weighted by Crippen LogP contribution is -2.32. The summed E-state index contributed by atoms with van der Waals surface area (Å²) in [5, 5.41) is 9.38. The maximum Gasteiger partial charge on any atom is 0.407 e. The molecule has 2 heterocycles. The quantitative estimate of drug-likeness (QED) is 0.616. The van der Waals surface area contributed by atoms with Gasteiger partial charge in [-0.15, -0.1) is 0 Å². The summed E-state index contributed by atoms with van der Waals surface area (Å²) in [4.78, 5) is 23.9. The Labute approximate surface area is 149 Å². The minimum absolute atomic E-state index is 0.340. The molecule has 0 bridgehead atoms. The van der Waals surface area contributed by atoms with E-state index >= 15 is 0 Å². The van der Waals surface area contributed by atoms with Crippen LogP contribution in [0.5, 0.6) is 0 Å². The Morgan fingerprint density at radius 2 is 2.17 bits per heavy atom. The van der Waals surface area contributed by atoms with Gasteiger partial charge in [-0.1, -0.05) is 17.4 Å². The molecule has 2 aromatic rings. The minimum Gasteiger partial charge on any atom is -0.444 e. The first-order valence-corrected chi connectivity index (χ1v) is 8.31. The van der Waals surface area contributed by atoms with Crippen molar-refractivity contribution in [3.8, 4) is 0 Å². The minimum atomic E-state index is -0.518. The van der Waals surface area contributed by atoms with E-state index in [0.29, 0.717) is 22.5 Å². The molecular weight excluding hydrogens is 346 g/mol. The van der Waals surface area contributed by atoms with E-state index in [1.807, 2.05) is 26.8 Å². The molecule has 0 atom stereocenters. The number of aliphatic imine (C=N–C) groups is 1. The molecule has 0 aliphatic carbocycles. The van der Waals surface area contributed by atoms with E-state index in [4.69, 9.17) is 4.74 Å². The normalized spacial score (nSPS) is 10.6. The predicted octanol–water partition coefficient (Wildman–Crippen LogP) is 4.04. The summed E-state index contributed by atoms with van der Waals surface area (Å²) in [6.07, 6.45) is 2.81. The molecule has 9 heteroatoms. The summed E-state index contributed by atoms with van der Waals surface area (Å²) >= 11 is 5.89. The van der Waals surface area contributed by atoms with E-state index in [1.165, 1.54) is 11.3 Å². The molecule has 24 heavy (non-hydrogen) atoms. The van der Waals surface area contributed by atoms with Gasteiger partial charge in [0.2, 0.25) is 0 Å². The number of isothiocyanates is 1. The number of anilines is 2. The Bertz CT molecular complexity index is 746. The van der Waals surface area contributed by atoms with E-state index in [2.05, 4.69) is 43.0 Å². The van der Waals surface area contributed by atoms with Gasteiger partial charge in [0.15, 0.2) is 5.13 Å². The van der Waals surface area contributed by atoms with Crippen molar-refractivity contribution in [3.63, 3.8) is 0 Å². The standard InChI is InChI=1S/C15H17N5O2S2/c1-15(2,3)22-14(21)18-7-10-4-5-11(16-6-10)20-13-17-8-12(24-13)19-9-23/h4-6,8H,7H2,1-3H3,(H,18,21)(H,16,17,20). The molecule has 7 nitrogen and oxygen atoms in total. The first-order chi connectivity index (χ1) is 11.4. The number of thiocarbonyl (C=S) groups is 1. The number of nitrogens with one attached hydrogen (secondary N) is 2. The van der Waals surface area contributed by atoms with E-state index in [1.54, 1.807) is 18.5 Å². The Morgan fingerprint density at radius 3 is 2.79 bits per heavy atom. The molecule has 0 aliphatic heterocycles. The molecule has 2 rings (SSSR count). The number of alkyl carbamates (subject to hydrolysis) is 1. The number of nitrogens with zero attached hydrogens (tertiary/aromatic N) is 3. The third-order valence-corrected chi connectivity index (χ3v) is 3.44. The second kappa shape index (κ2) is 7.96. The Balaban J connectivity index is 1.88. The van der Waals surface area contributed by atoms with Crippen LogP contribution in [0.3, 0.4) is 0 Å². The first kappa shape index (κ1) is 18.0. The predicted molar refractivity (Wildman–Crippen MR) is 97.4 cm³/mol. The van der Waals surface area contributed by atoms with Crippen molar-refractivity contribution in [1.29, 1.82) is 0 Å². The van der Waals surface area contributed by atoms with Crippen LogP contribution in [0.1, 0.15) is 26.3 Å². The van der Waals surface area contributed by atoms with Crippen LogP contribution in [0.15, 0.2) is 29.5 Å². The Kier molecular flexibility index (Phi) is 5.97. The molecule has 0 spiro atoms. The van der Waals surface area contributed by atoms with Gasteiger partial charge >= 0.3 is 6.09 Å². The fourth-order valence-electron chi connectivity index (χ4n) is 1.62. The number of aromatic nitrogens is 2. The smallest absolute Gasteiger partial charge is 0.407 e. The monoisotopic (exact) mass is 363 g/mol. The van der Waals surface area contributed by atoms with E-state index in [0.717, 1.165) is 5.56 Å². The van der Waals surface area contributed by atoms with Crippen LogP contribution in [0.2, 0.25) is 0 Å². The molecule has 2 N–H and O–H groups in total. The lowest BCUT2D eigenvalue weighted by molar-refractivity contribution is 0.0523. The van der Waals surface area contributed by atoms with E-state index in [9.17, 15) is 4.79 Å². The molecule has 2 aromatic heterocycles. The zero-order valence-electron chi connectivity index (χ0n) is 13.5. The van der Waals surface area contributed by atoms with Crippen LogP contribution in [0.4, 0.5) is 20.7 Å². The third kappa shape index (κ3) is 6.04. The van der Waals surface area contributed by atoms with Gasteiger partial charge in [-0.25, -0.2) is 14.8 Å². The molecule has 0 unspecified atom stereocenters. The van der Waals surface area contributed by atoms with Crippen molar-refractivity contribution in [2.24, 2.45) is 4.99 Å². The highest BCUT2D eigenvalue weighted by Gasteiger charge is 2.15. The number of carbonyl (C=O) groups is 1. The number of thiazole rings is 1. The van der Waals surface area contributed by atoms with Crippen LogP contribution in [0.25, 0.3) is 0 Å². The fraction of sp³-hybridized carbons (Fsp3) is 0.333. The fourth-order valence-corrected chi connectivity index (χ4v) is 2.43. The number of ether oxygens (including phenoxy) is 1. The lowest BCUT2D eigenvalue weighted by Gasteiger charge is -2.19. The van der Waals surface area contributed by atoms with Crippen LogP contribution in [0, 0.1) is 0 Å². The summed E-state index contributed by atoms with van der Waals surface area (Å²) in [6, 6.07) is 3.66. The van der Waals surface area contributed by atoms with Crippen LogP contribution >= 0.6 is 23.6 Å². The topological polar surface area (TPSA) is 88.5 Å². The van der Waals surface area contributed by atoms with Gasteiger partial charge < -0.3 is 15.4 Å². The number of carbonyl (C=O) groups excluding carboxylic acids is 1. The molecule has 0 radical (unpaired) electrons. The average molecular weight is 363 g/mol. The number of amides is 1. The molecule has 0 aliphatic rings. The second-order valence-corrected chi connectivity index (χ2v) is 6.93. The summed E-state index contributed by atoms with van der Waals surface area (Å²) in [6.45, 7) is 5.79. The molecule has 126 valence electrons. The van der Waals surface area contributed by atoms with E-state index in [-0.39, 0.29) is 0 Å². The number of hydrogen-bond acceptors (Lipinski definition) is 8. The van der Waals surface area contributed by atoms with Crippen LogP contribution in [-0.2, 0) is 11.3 Å². The molecule has 1 amide bonds. The third-order valence-electron chi connectivity index (χ3n) is 2.54. The Hall–Kier alpha value is -2.35. The van der Waals surface area contributed by atoms with Gasteiger partial charge in [-0.2, -0.15) is 4.99 Å². The van der Waals surface area contributed by atoms with Gasteiger partial charge in [0, 0.05) is 12.7 Å². The van der Waals surface area contributed by atoms with Crippen molar-refractivity contribution < 1.29 is 9.53 Å². The number of pyridine rings is 1. The van der Waals surface area contributed by atoms with Gasteiger partial charge in [0.1, 0.15) is 16.4 Å². The largest absolute Gasteiger partial charge is 0.444 e. The lowest BCUT2D eigenvalue weighted by atomic mass is 10.2. The number of hydrogen-bond donors (Lipinski definition) is 2. The highest BCUT2D eigenvalue weighted by molar-refractivity contribution is 7.78. The van der Waals surface area contributed by atoms with Gasteiger partial charge in [0.25, 0.3) is 0 Å². The molecular formula is C15H17N5O2S2. The van der Waals surface area contributed by atoms with Crippen LogP contribution < -0.4 is 10.6 Å². The number of rotatable bonds is 5. The van der Waals surface area contributed by atoms with Crippen molar-refractivity contribution >= 4 is 50.8 Å². The average Bonchev–Trinajstić information content (AvgIpc) is 2.92. The zero-order chi connectivity index (χ0) is 17.6. The van der Waals surface area contributed by atoms with Gasteiger partial charge in [0.05, 0.1) is 11.4 Å². The van der Waals surface area contributed by atoms with Crippen molar-refractivity contribution in [2.75, 3.05) is 5.32 Å². The van der Waals surface area contributed by atoms with E-state index < -0.39 is 11.7 Å². The van der Waals surface area contributed by atoms with Crippen molar-refractivity contribution in [2.45, 2.75) is 32.9 Å². The van der Waals surface area contributed by atoms with Crippen LogP contribution in [-0.4, -0.2) is 26.8 Å². The summed E-state index contributed by atoms with van der Waals surface area (Å²) in [5.74, 6) is 0.642. The summed E-state index contributed by atoms with van der Waals surface area (Å²) < 4.78 is 5.17. The molecule has 0 aromatic carbocycles. The van der Waals surface area contributed by atoms with Gasteiger partial charge in [-0.3, -0.25) is 0 Å². The summed E-state index contributed by atoms with van der Waals surface area (Å²) in [7, 11) is 0. The van der Waals surface area contributed by atoms with Crippen molar-refractivity contribution in [1.82, 2.24) is 15.3 Å². The molecule has 0 saturated heterocycles. The highest BCUT2D eigenvalue weighted by Crippen LogP contribution is 2.27. The Morgan fingerprint density at radius 1 is 1.38 bits per heavy atom. The SMILES string of the molecule is CC(C)(C)OC(=O)NCc1ccc(Nc2ncc(N=C=S)s2)nc1. The highest BCUT2D eigenvalue weighted by atomic mass is 32.1. The van der Waals surface area contributed by atoms with Gasteiger partial charge in [-0.05, 0) is 44.6 Å². The van der Waals surface area contributed by atoms with Crippen molar-refractivity contribution in [3.05, 3.63) is 30.1 Å². The summed E-state index contributed by atoms with van der Waals surface area (Å²) in [5.41, 5.74) is 0.340. The second-order valence-electron chi connectivity index (χ2n) is 5.74. The first-order valence-electron chi connectivity index (χ1n) is 7.08. The molecule has 0 saturated carbocycles. The maximum absolute atomic E-state index is 11.6. The maximum atomic E-state index is 11.6. The molecule has 0 fully saturated rings. The zero-order valence-corrected chi connectivity index (χ0v) is 15.1.